The lowest BCUT2D eigenvalue weighted by Gasteiger charge is -2.28. The SMILES string of the molecule is CC(C)CN1CCN(Cc2ccc3c(c2)CCCN3C)CCC1=O. The van der Waals surface area contributed by atoms with Gasteiger partial charge in [-0.25, -0.2) is 0 Å². The molecule has 0 saturated carbocycles. The Balaban J connectivity index is 1.63. The van der Waals surface area contributed by atoms with Gasteiger partial charge in [-0.3, -0.25) is 9.69 Å². The van der Waals surface area contributed by atoms with E-state index < -0.39 is 0 Å². The first kappa shape index (κ1) is 17.3. The van der Waals surface area contributed by atoms with Crippen LogP contribution < -0.4 is 4.90 Å². The molecule has 0 aliphatic carbocycles. The van der Waals surface area contributed by atoms with Crippen molar-refractivity contribution in [3.8, 4) is 0 Å². The van der Waals surface area contributed by atoms with Crippen molar-refractivity contribution in [3.05, 3.63) is 29.3 Å². The fourth-order valence-electron chi connectivity index (χ4n) is 3.90. The Morgan fingerprint density at radius 1 is 1.08 bits per heavy atom. The van der Waals surface area contributed by atoms with Gasteiger partial charge >= 0.3 is 0 Å². The zero-order valence-electron chi connectivity index (χ0n) is 15.4. The maximum Gasteiger partial charge on any atom is 0.223 e. The van der Waals surface area contributed by atoms with Gasteiger partial charge in [0.2, 0.25) is 5.91 Å². The van der Waals surface area contributed by atoms with Gasteiger partial charge in [0.1, 0.15) is 0 Å². The largest absolute Gasteiger partial charge is 0.374 e. The van der Waals surface area contributed by atoms with Crippen LogP contribution >= 0.6 is 0 Å². The van der Waals surface area contributed by atoms with Crippen LogP contribution in [0.3, 0.4) is 0 Å². The summed E-state index contributed by atoms with van der Waals surface area (Å²) < 4.78 is 0. The molecule has 1 fully saturated rings. The Morgan fingerprint density at radius 3 is 2.71 bits per heavy atom. The molecule has 0 unspecified atom stereocenters. The van der Waals surface area contributed by atoms with Gasteiger partial charge in [0.05, 0.1) is 0 Å². The monoisotopic (exact) mass is 329 g/mol. The number of carbonyl (C=O) groups excluding carboxylic acids is 1. The van der Waals surface area contributed by atoms with E-state index in [9.17, 15) is 4.79 Å². The minimum atomic E-state index is 0.318. The van der Waals surface area contributed by atoms with Crippen LogP contribution in [0.2, 0.25) is 0 Å². The fourth-order valence-corrected chi connectivity index (χ4v) is 3.90. The predicted molar refractivity (Wildman–Crippen MR) is 99.3 cm³/mol. The minimum absolute atomic E-state index is 0.318. The normalized spacial score (nSPS) is 19.6. The number of aryl methyl sites for hydroxylation is 1. The molecule has 1 aromatic rings. The Hall–Kier alpha value is -1.55. The first-order valence-electron chi connectivity index (χ1n) is 9.36. The third-order valence-corrected chi connectivity index (χ3v) is 5.17. The zero-order valence-corrected chi connectivity index (χ0v) is 15.4. The molecule has 1 aromatic carbocycles. The van der Waals surface area contributed by atoms with Gasteiger partial charge in [-0.15, -0.1) is 0 Å². The first-order chi connectivity index (χ1) is 11.5. The Bertz CT molecular complexity index is 584. The number of fused-ring (bicyclic) bond motifs is 1. The molecule has 1 saturated heterocycles. The lowest BCUT2D eigenvalue weighted by Crippen LogP contribution is -2.35. The van der Waals surface area contributed by atoms with E-state index in [0.29, 0.717) is 18.2 Å². The van der Waals surface area contributed by atoms with Gasteiger partial charge < -0.3 is 9.80 Å². The molecule has 2 aliphatic rings. The molecule has 1 amide bonds. The van der Waals surface area contributed by atoms with Crippen molar-refractivity contribution in [1.29, 1.82) is 0 Å². The smallest absolute Gasteiger partial charge is 0.223 e. The van der Waals surface area contributed by atoms with Gasteiger partial charge in [-0.2, -0.15) is 0 Å². The highest BCUT2D eigenvalue weighted by molar-refractivity contribution is 5.76. The average Bonchev–Trinajstić information content (AvgIpc) is 2.70. The van der Waals surface area contributed by atoms with Crippen molar-refractivity contribution >= 4 is 11.6 Å². The summed E-state index contributed by atoms with van der Waals surface area (Å²) in [5.41, 5.74) is 4.25. The molecule has 2 aliphatic heterocycles. The molecule has 0 bridgehead atoms. The maximum atomic E-state index is 12.3. The third-order valence-electron chi connectivity index (χ3n) is 5.17. The topological polar surface area (TPSA) is 26.8 Å². The van der Waals surface area contributed by atoms with Crippen molar-refractivity contribution < 1.29 is 4.79 Å². The quantitative estimate of drug-likeness (QED) is 0.850. The van der Waals surface area contributed by atoms with Crippen molar-refractivity contribution in [3.63, 3.8) is 0 Å². The molecule has 4 heteroatoms. The summed E-state index contributed by atoms with van der Waals surface area (Å²) in [6.45, 7) is 10.1. The van der Waals surface area contributed by atoms with E-state index in [1.807, 2.05) is 4.90 Å². The maximum absolute atomic E-state index is 12.3. The second kappa shape index (κ2) is 7.56. The number of anilines is 1. The minimum Gasteiger partial charge on any atom is -0.374 e. The highest BCUT2D eigenvalue weighted by Crippen LogP contribution is 2.27. The summed E-state index contributed by atoms with van der Waals surface area (Å²) in [7, 11) is 2.18. The molecule has 0 N–H and O–H groups in total. The van der Waals surface area contributed by atoms with Gasteiger partial charge in [0.25, 0.3) is 0 Å². The predicted octanol–water partition coefficient (Wildman–Crippen LogP) is 2.76. The van der Waals surface area contributed by atoms with Crippen LogP contribution in [0.15, 0.2) is 18.2 Å². The third kappa shape index (κ3) is 4.10. The molecule has 0 spiro atoms. The van der Waals surface area contributed by atoms with E-state index in [1.165, 1.54) is 29.7 Å². The van der Waals surface area contributed by atoms with E-state index in [0.717, 1.165) is 39.3 Å². The number of nitrogens with zero attached hydrogens (tertiary/aromatic N) is 3. The van der Waals surface area contributed by atoms with Crippen LogP contribution in [0.1, 0.15) is 37.8 Å². The zero-order chi connectivity index (χ0) is 17.1. The summed E-state index contributed by atoms with van der Waals surface area (Å²) in [4.78, 5) is 19.1. The second-order valence-corrected chi connectivity index (χ2v) is 7.75. The molecule has 0 radical (unpaired) electrons. The molecule has 3 rings (SSSR count). The molecule has 0 aromatic heterocycles. The summed E-state index contributed by atoms with van der Waals surface area (Å²) in [6, 6.07) is 6.92. The van der Waals surface area contributed by atoms with E-state index in [-0.39, 0.29) is 0 Å². The average molecular weight is 329 g/mol. The van der Waals surface area contributed by atoms with Crippen molar-refractivity contribution in [2.75, 3.05) is 44.7 Å². The Labute approximate surface area is 146 Å². The molecular weight excluding hydrogens is 298 g/mol. The van der Waals surface area contributed by atoms with E-state index in [2.05, 4.69) is 48.9 Å². The highest BCUT2D eigenvalue weighted by Gasteiger charge is 2.22. The number of rotatable bonds is 4. The number of hydrogen-bond acceptors (Lipinski definition) is 3. The van der Waals surface area contributed by atoms with Gasteiger partial charge in [-0.05, 0) is 36.0 Å². The Morgan fingerprint density at radius 2 is 1.92 bits per heavy atom. The highest BCUT2D eigenvalue weighted by atomic mass is 16.2. The number of carbonyl (C=O) groups is 1. The van der Waals surface area contributed by atoms with Crippen LogP contribution in [0.25, 0.3) is 0 Å². The van der Waals surface area contributed by atoms with Crippen molar-refractivity contribution in [1.82, 2.24) is 9.80 Å². The van der Waals surface area contributed by atoms with Crippen molar-refractivity contribution in [2.24, 2.45) is 5.92 Å². The van der Waals surface area contributed by atoms with Gasteiger partial charge in [-0.1, -0.05) is 26.0 Å². The number of benzene rings is 1. The van der Waals surface area contributed by atoms with Crippen LogP contribution in [-0.2, 0) is 17.8 Å². The fraction of sp³-hybridized carbons (Fsp3) is 0.650. The summed E-state index contributed by atoms with van der Waals surface area (Å²) in [5, 5.41) is 0. The summed E-state index contributed by atoms with van der Waals surface area (Å²) in [6.07, 6.45) is 3.09. The van der Waals surface area contributed by atoms with Crippen LogP contribution in [0.4, 0.5) is 5.69 Å². The van der Waals surface area contributed by atoms with Crippen molar-refractivity contribution in [2.45, 2.75) is 39.7 Å². The van der Waals surface area contributed by atoms with Gasteiger partial charge in [0.15, 0.2) is 0 Å². The lowest BCUT2D eigenvalue weighted by atomic mass is 9.99. The molecule has 24 heavy (non-hydrogen) atoms. The molecule has 132 valence electrons. The lowest BCUT2D eigenvalue weighted by molar-refractivity contribution is -0.130. The van der Waals surface area contributed by atoms with Gasteiger partial charge in [0, 0.05) is 58.4 Å². The molecule has 0 atom stereocenters. The molecule has 4 nitrogen and oxygen atoms in total. The van der Waals surface area contributed by atoms with E-state index in [4.69, 9.17) is 0 Å². The number of amides is 1. The summed E-state index contributed by atoms with van der Waals surface area (Å²) in [5.74, 6) is 0.858. The second-order valence-electron chi connectivity index (χ2n) is 7.75. The van der Waals surface area contributed by atoms with Crippen LogP contribution in [0, 0.1) is 5.92 Å². The Kier molecular flexibility index (Phi) is 5.44. The number of hydrogen-bond donors (Lipinski definition) is 0. The molecule has 2 heterocycles. The molecular formula is C20H31N3O. The van der Waals surface area contributed by atoms with E-state index in [1.54, 1.807) is 0 Å². The van der Waals surface area contributed by atoms with E-state index >= 15 is 0 Å². The standard InChI is InChI=1S/C20H31N3O/c1-16(2)14-23-12-11-22(10-8-20(23)24)15-17-6-7-19-18(13-17)5-4-9-21(19)3/h6-7,13,16H,4-5,8-12,14-15H2,1-3H3. The first-order valence-corrected chi connectivity index (χ1v) is 9.36. The van der Waals surface area contributed by atoms with Crippen LogP contribution in [0.5, 0.6) is 0 Å². The van der Waals surface area contributed by atoms with Crippen LogP contribution in [-0.4, -0.2) is 55.5 Å². The summed E-state index contributed by atoms with van der Waals surface area (Å²) >= 11 is 0.